The molecule has 6 N–H and O–H groups in total. The van der Waals surface area contributed by atoms with Crippen molar-refractivity contribution >= 4 is 17.7 Å². The fraction of sp³-hybridized carbons (Fsp3) is 0.100. The van der Waals surface area contributed by atoms with E-state index in [4.69, 9.17) is 5.11 Å². The van der Waals surface area contributed by atoms with Gasteiger partial charge in [-0.15, -0.1) is 0 Å². The molecule has 0 aromatic heterocycles. The molecule has 0 aliphatic heterocycles. The van der Waals surface area contributed by atoms with E-state index in [1.165, 1.54) is 6.92 Å². The zero-order chi connectivity index (χ0) is 10.6. The second-order valence-electron chi connectivity index (χ2n) is 2.65. The molecule has 5 nitrogen and oxygen atoms in total. The molecule has 0 heterocycles. The zero-order valence-electron chi connectivity index (χ0n) is 9.05. The first-order valence-corrected chi connectivity index (χ1v) is 4.79. The molecule has 0 aliphatic carbocycles. The van der Waals surface area contributed by atoms with Crippen LogP contribution in [0.2, 0.25) is 0 Å². The van der Waals surface area contributed by atoms with E-state index in [2.05, 4.69) is 0 Å². The van der Waals surface area contributed by atoms with Gasteiger partial charge in [-0.2, -0.15) is 0 Å². The van der Waals surface area contributed by atoms with Crippen LogP contribution in [-0.2, 0) is 21.9 Å². The molecule has 1 aromatic rings. The maximum absolute atomic E-state index is 10.5. The first-order valence-electron chi connectivity index (χ1n) is 3.97. The standard InChI is InChI=1S/C10H10O3S.Cu.2H2N/c1-7(9(11)12)10(13)14-8-5-3-2-4-6-8;;;/h2-6,13H,1H3,(H,11,12);;2*1H2/q;+2;2*-1/b10-7+;;;. The summed E-state index contributed by atoms with van der Waals surface area (Å²) in [4.78, 5) is 11.3. The second-order valence-corrected chi connectivity index (χ2v) is 3.71. The molecule has 0 aliphatic rings. The SMILES string of the molecule is C/C(C(=O)O)=C(/O)Sc1ccccc1.[Cu+2].[NH2-].[NH2-]. The minimum absolute atomic E-state index is 0. The van der Waals surface area contributed by atoms with Crippen LogP contribution in [0.3, 0.4) is 0 Å². The van der Waals surface area contributed by atoms with E-state index in [-0.39, 0.29) is 40.0 Å². The molecule has 0 fully saturated rings. The van der Waals surface area contributed by atoms with Gasteiger partial charge in [0.15, 0.2) is 5.09 Å². The average Bonchev–Trinajstić information content (AvgIpc) is 2.18. The minimum Gasteiger partial charge on any atom is -0.693 e. The largest absolute Gasteiger partial charge is 2.00 e. The fourth-order valence-corrected chi connectivity index (χ4v) is 1.53. The third-order valence-electron chi connectivity index (χ3n) is 1.60. The van der Waals surface area contributed by atoms with Gasteiger partial charge in [-0.05, 0) is 19.1 Å². The van der Waals surface area contributed by atoms with E-state index in [1.54, 1.807) is 12.1 Å². The van der Waals surface area contributed by atoms with Gasteiger partial charge in [-0.3, -0.25) is 0 Å². The Morgan fingerprint density at radius 2 is 1.59 bits per heavy atom. The minimum atomic E-state index is -1.11. The molecule has 0 unspecified atom stereocenters. The van der Waals surface area contributed by atoms with Crippen LogP contribution in [0.5, 0.6) is 0 Å². The van der Waals surface area contributed by atoms with E-state index in [0.717, 1.165) is 16.7 Å². The van der Waals surface area contributed by atoms with Crippen LogP contribution in [0.15, 0.2) is 45.9 Å². The van der Waals surface area contributed by atoms with Gasteiger partial charge in [0, 0.05) is 4.90 Å². The number of carboxylic acids is 1. The molecular formula is C10H14CuN2O3S. The molecule has 0 amide bonds. The van der Waals surface area contributed by atoms with Crippen molar-refractivity contribution < 1.29 is 32.1 Å². The molecule has 0 saturated heterocycles. The number of benzene rings is 1. The zero-order valence-corrected chi connectivity index (χ0v) is 10.8. The van der Waals surface area contributed by atoms with Gasteiger partial charge in [-0.1, -0.05) is 30.0 Å². The van der Waals surface area contributed by atoms with Crippen LogP contribution in [0, 0.1) is 0 Å². The molecular weight excluding hydrogens is 292 g/mol. The topological polar surface area (TPSA) is 125 Å². The molecule has 0 bridgehead atoms. The predicted octanol–water partition coefficient (Wildman–Crippen LogP) is 4.08. The third-order valence-corrected chi connectivity index (χ3v) is 2.61. The number of hydrogen-bond acceptors (Lipinski definition) is 3. The van der Waals surface area contributed by atoms with Gasteiger partial charge >= 0.3 is 23.0 Å². The van der Waals surface area contributed by atoms with Crippen molar-refractivity contribution in [1.29, 1.82) is 0 Å². The summed E-state index contributed by atoms with van der Waals surface area (Å²) in [6, 6.07) is 9.11. The molecule has 1 rings (SSSR count). The molecule has 1 radical (unpaired) electrons. The van der Waals surface area contributed by atoms with Crippen LogP contribution in [0.25, 0.3) is 12.3 Å². The average molecular weight is 306 g/mol. The van der Waals surface area contributed by atoms with E-state index in [9.17, 15) is 9.90 Å². The maximum atomic E-state index is 10.5. The number of hydrogen-bond donors (Lipinski definition) is 2. The molecule has 7 heteroatoms. The number of carboxylic acid groups (broad SMARTS) is 1. The van der Waals surface area contributed by atoms with Crippen molar-refractivity contribution in [2.45, 2.75) is 11.8 Å². The summed E-state index contributed by atoms with van der Waals surface area (Å²) in [5.41, 5.74) is -0.0427. The number of nitrogens with two attached hydrogens (primary N) is 2. The summed E-state index contributed by atoms with van der Waals surface area (Å²) in [5.74, 6) is -1.11. The van der Waals surface area contributed by atoms with E-state index >= 15 is 0 Å². The van der Waals surface area contributed by atoms with Crippen LogP contribution >= 0.6 is 11.8 Å². The Morgan fingerprint density at radius 1 is 1.12 bits per heavy atom. The number of carbonyl (C=O) groups is 1. The first kappa shape index (κ1) is 21.3. The van der Waals surface area contributed by atoms with E-state index < -0.39 is 5.97 Å². The number of aliphatic hydroxyl groups is 1. The van der Waals surface area contributed by atoms with Crippen molar-refractivity contribution in [2.75, 3.05) is 0 Å². The van der Waals surface area contributed by atoms with Crippen molar-refractivity contribution in [2.24, 2.45) is 0 Å². The van der Waals surface area contributed by atoms with Gasteiger partial charge < -0.3 is 22.5 Å². The second kappa shape index (κ2) is 10.2. The molecule has 99 valence electrons. The van der Waals surface area contributed by atoms with Gasteiger partial charge in [0.1, 0.15) is 0 Å². The van der Waals surface area contributed by atoms with Crippen molar-refractivity contribution in [1.82, 2.24) is 0 Å². The fourth-order valence-electron chi connectivity index (χ4n) is 0.768. The Balaban J connectivity index is -0.000000653. The summed E-state index contributed by atoms with van der Waals surface area (Å²) < 4.78 is 0. The van der Waals surface area contributed by atoms with Crippen molar-refractivity contribution in [3.05, 3.63) is 53.3 Å². The summed E-state index contributed by atoms with van der Waals surface area (Å²) >= 11 is 1.03. The van der Waals surface area contributed by atoms with Gasteiger partial charge in [0.25, 0.3) is 0 Å². The van der Waals surface area contributed by atoms with Crippen LogP contribution in [0.1, 0.15) is 6.92 Å². The summed E-state index contributed by atoms with van der Waals surface area (Å²) in [7, 11) is 0. The van der Waals surface area contributed by atoms with E-state index in [0.29, 0.717) is 0 Å². The predicted molar refractivity (Wildman–Crippen MR) is 65.8 cm³/mol. The summed E-state index contributed by atoms with van der Waals surface area (Å²) in [6.07, 6.45) is 0. The normalized spacial score (nSPS) is 9.94. The Kier molecular flexibility index (Phi) is 12.8. The molecule has 1 aromatic carbocycles. The summed E-state index contributed by atoms with van der Waals surface area (Å²) in [6.45, 7) is 1.37. The van der Waals surface area contributed by atoms with Crippen LogP contribution in [0.4, 0.5) is 0 Å². The molecule has 0 saturated carbocycles. The van der Waals surface area contributed by atoms with Crippen LogP contribution in [-0.4, -0.2) is 16.2 Å². The number of rotatable bonds is 3. The summed E-state index contributed by atoms with van der Waals surface area (Å²) in [5, 5.41) is 17.8. The molecule has 0 atom stereocenters. The van der Waals surface area contributed by atoms with E-state index in [1.807, 2.05) is 18.2 Å². The van der Waals surface area contributed by atoms with Crippen molar-refractivity contribution in [3.8, 4) is 0 Å². The monoisotopic (exact) mass is 305 g/mol. The van der Waals surface area contributed by atoms with Gasteiger partial charge in [0.05, 0.1) is 5.57 Å². The first-order chi connectivity index (χ1) is 6.61. The number of thioether (sulfide) groups is 1. The number of aliphatic hydroxyl groups excluding tert-OH is 1. The smallest absolute Gasteiger partial charge is 0.693 e. The van der Waals surface area contributed by atoms with Crippen LogP contribution < -0.4 is 0 Å². The van der Waals surface area contributed by atoms with Gasteiger partial charge in [-0.25, -0.2) is 4.79 Å². The Labute approximate surface area is 115 Å². The number of aliphatic carboxylic acids is 1. The molecule has 17 heavy (non-hydrogen) atoms. The molecule has 0 spiro atoms. The Morgan fingerprint density at radius 3 is 2.00 bits per heavy atom. The van der Waals surface area contributed by atoms with Gasteiger partial charge in [0.2, 0.25) is 0 Å². The third kappa shape index (κ3) is 7.04. The Bertz CT molecular complexity index is 371. The quantitative estimate of drug-likeness (QED) is 0.377. The Hall–Kier alpha value is -0.981. The maximum Gasteiger partial charge on any atom is 2.00 e. The van der Waals surface area contributed by atoms with Crippen molar-refractivity contribution in [3.63, 3.8) is 0 Å².